The third-order valence-corrected chi connectivity index (χ3v) is 4.10. The second kappa shape index (κ2) is 6.17. The molecule has 118 valence electrons. The van der Waals surface area contributed by atoms with Crippen LogP contribution in [0, 0.1) is 13.8 Å². The predicted molar refractivity (Wildman–Crippen MR) is 79.5 cm³/mol. The van der Waals surface area contributed by atoms with Crippen LogP contribution < -0.4 is 4.90 Å². The number of aromatic amines is 1. The number of amides is 1. The van der Waals surface area contributed by atoms with Gasteiger partial charge < -0.3 is 14.3 Å². The summed E-state index contributed by atoms with van der Waals surface area (Å²) < 4.78 is 5.13. The van der Waals surface area contributed by atoms with Gasteiger partial charge in [0, 0.05) is 38.2 Å². The van der Waals surface area contributed by atoms with E-state index in [1.54, 1.807) is 0 Å². The Kier molecular flexibility index (Phi) is 4.08. The lowest BCUT2D eigenvalue weighted by Crippen LogP contribution is -2.49. The SMILES string of the molecule is Cc1noc(C)c1CCC(=O)N1CCN(c2ncn[nH]2)CC1. The van der Waals surface area contributed by atoms with Gasteiger partial charge in [0.2, 0.25) is 11.9 Å². The minimum absolute atomic E-state index is 0.178. The van der Waals surface area contributed by atoms with Crippen LogP contribution in [0.3, 0.4) is 0 Å². The minimum atomic E-state index is 0.178. The van der Waals surface area contributed by atoms with Crippen LogP contribution in [0.4, 0.5) is 5.95 Å². The predicted octanol–water partition coefficient (Wildman–Crippen LogP) is 0.691. The summed E-state index contributed by atoms with van der Waals surface area (Å²) in [6.07, 6.45) is 2.67. The molecule has 2 aromatic heterocycles. The van der Waals surface area contributed by atoms with Gasteiger partial charge in [0.25, 0.3) is 0 Å². The number of nitrogens with zero attached hydrogens (tertiary/aromatic N) is 5. The molecule has 0 radical (unpaired) electrons. The first-order valence-electron chi connectivity index (χ1n) is 7.45. The Morgan fingerprint density at radius 3 is 2.68 bits per heavy atom. The molecule has 1 saturated heterocycles. The van der Waals surface area contributed by atoms with Crippen LogP contribution in [-0.4, -0.2) is 57.3 Å². The number of aromatic nitrogens is 4. The quantitative estimate of drug-likeness (QED) is 0.893. The zero-order chi connectivity index (χ0) is 15.5. The van der Waals surface area contributed by atoms with Gasteiger partial charge in [-0.2, -0.15) is 10.1 Å². The van der Waals surface area contributed by atoms with E-state index in [0.717, 1.165) is 36.1 Å². The minimum Gasteiger partial charge on any atom is -0.361 e. The molecule has 0 saturated carbocycles. The summed E-state index contributed by atoms with van der Waals surface area (Å²) >= 11 is 0. The molecule has 2 aromatic rings. The third-order valence-electron chi connectivity index (χ3n) is 4.10. The molecular weight excluding hydrogens is 284 g/mol. The molecule has 0 bridgehead atoms. The molecule has 8 heteroatoms. The van der Waals surface area contributed by atoms with Crippen LogP contribution in [0.2, 0.25) is 0 Å². The highest BCUT2D eigenvalue weighted by molar-refractivity contribution is 5.76. The number of piperazine rings is 1. The summed E-state index contributed by atoms with van der Waals surface area (Å²) in [5, 5.41) is 10.6. The molecule has 0 aromatic carbocycles. The van der Waals surface area contributed by atoms with Gasteiger partial charge in [0.1, 0.15) is 12.1 Å². The van der Waals surface area contributed by atoms with Crippen LogP contribution in [0.25, 0.3) is 0 Å². The summed E-state index contributed by atoms with van der Waals surface area (Å²) in [6, 6.07) is 0. The van der Waals surface area contributed by atoms with E-state index in [9.17, 15) is 4.79 Å². The molecular formula is C14H20N6O2. The molecule has 1 aliphatic rings. The lowest BCUT2D eigenvalue weighted by atomic mass is 10.1. The Morgan fingerprint density at radius 2 is 2.09 bits per heavy atom. The summed E-state index contributed by atoms with van der Waals surface area (Å²) in [5.74, 6) is 1.75. The Hall–Kier alpha value is -2.38. The van der Waals surface area contributed by atoms with Crippen LogP contribution in [0.15, 0.2) is 10.9 Å². The lowest BCUT2D eigenvalue weighted by Gasteiger charge is -2.34. The topological polar surface area (TPSA) is 91.2 Å². The van der Waals surface area contributed by atoms with E-state index >= 15 is 0 Å². The number of hydrogen-bond acceptors (Lipinski definition) is 6. The van der Waals surface area contributed by atoms with Gasteiger partial charge in [0.05, 0.1) is 5.69 Å². The van der Waals surface area contributed by atoms with Crippen molar-refractivity contribution in [2.45, 2.75) is 26.7 Å². The van der Waals surface area contributed by atoms with Crippen LogP contribution in [-0.2, 0) is 11.2 Å². The van der Waals surface area contributed by atoms with E-state index < -0.39 is 0 Å². The summed E-state index contributed by atoms with van der Waals surface area (Å²) in [5.41, 5.74) is 1.93. The van der Waals surface area contributed by atoms with E-state index in [1.807, 2.05) is 18.7 Å². The van der Waals surface area contributed by atoms with Crippen LogP contribution in [0.5, 0.6) is 0 Å². The Morgan fingerprint density at radius 1 is 1.32 bits per heavy atom. The smallest absolute Gasteiger partial charge is 0.223 e. The largest absolute Gasteiger partial charge is 0.361 e. The molecule has 3 heterocycles. The Labute approximate surface area is 128 Å². The van der Waals surface area contributed by atoms with Crippen molar-refractivity contribution in [1.29, 1.82) is 0 Å². The number of carbonyl (C=O) groups excluding carboxylic acids is 1. The first-order valence-corrected chi connectivity index (χ1v) is 7.45. The van der Waals surface area contributed by atoms with E-state index in [2.05, 4.69) is 25.2 Å². The fourth-order valence-electron chi connectivity index (χ4n) is 2.77. The molecule has 1 N–H and O–H groups in total. The van der Waals surface area contributed by atoms with Crippen molar-refractivity contribution in [3.8, 4) is 0 Å². The molecule has 1 amide bonds. The van der Waals surface area contributed by atoms with Crippen LogP contribution >= 0.6 is 0 Å². The van der Waals surface area contributed by atoms with E-state index in [0.29, 0.717) is 25.9 Å². The fourth-order valence-corrected chi connectivity index (χ4v) is 2.77. The van der Waals surface area contributed by atoms with Crippen molar-refractivity contribution in [3.63, 3.8) is 0 Å². The number of aryl methyl sites for hydroxylation is 2. The molecule has 8 nitrogen and oxygen atoms in total. The Balaban J connectivity index is 1.50. The fraction of sp³-hybridized carbons (Fsp3) is 0.571. The van der Waals surface area contributed by atoms with Crippen molar-refractivity contribution in [1.82, 2.24) is 25.2 Å². The van der Waals surface area contributed by atoms with E-state index in [4.69, 9.17) is 4.52 Å². The highest BCUT2D eigenvalue weighted by Gasteiger charge is 2.22. The molecule has 1 fully saturated rings. The zero-order valence-corrected chi connectivity index (χ0v) is 12.9. The number of hydrogen-bond donors (Lipinski definition) is 1. The highest BCUT2D eigenvalue weighted by atomic mass is 16.5. The summed E-state index contributed by atoms with van der Waals surface area (Å²) in [4.78, 5) is 20.5. The van der Waals surface area contributed by atoms with Crippen molar-refractivity contribution >= 4 is 11.9 Å². The summed E-state index contributed by atoms with van der Waals surface area (Å²) in [6.45, 7) is 6.75. The zero-order valence-electron chi connectivity index (χ0n) is 12.9. The first kappa shape index (κ1) is 14.6. The third kappa shape index (κ3) is 2.95. The molecule has 0 atom stereocenters. The van der Waals surface area contributed by atoms with E-state index in [1.165, 1.54) is 6.33 Å². The van der Waals surface area contributed by atoms with Crippen molar-refractivity contribution in [2.75, 3.05) is 31.1 Å². The van der Waals surface area contributed by atoms with Gasteiger partial charge in [-0.15, -0.1) is 0 Å². The molecule has 1 aliphatic heterocycles. The van der Waals surface area contributed by atoms with Gasteiger partial charge in [0.15, 0.2) is 0 Å². The summed E-state index contributed by atoms with van der Waals surface area (Å²) in [7, 11) is 0. The van der Waals surface area contributed by atoms with Crippen LogP contribution in [0.1, 0.15) is 23.4 Å². The molecule has 3 rings (SSSR count). The van der Waals surface area contributed by atoms with Gasteiger partial charge in [-0.25, -0.2) is 5.10 Å². The number of H-pyrrole nitrogens is 1. The number of nitrogens with one attached hydrogen (secondary N) is 1. The molecule has 22 heavy (non-hydrogen) atoms. The average Bonchev–Trinajstić information content (AvgIpc) is 3.17. The highest BCUT2D eigenvalue weighted by Crippen LogP contribution is 2.16. The van der Waals surface area contributed by atoms with Gasteiger partial charge in [-0.3, -0.25) is 4.79 Å². The molecule has 0 aliphatic carbocycles. The maximum absolute atomic E-state index is 12.3. The maximum atomic E-state index is 12.3. The van der Waals surface area contributed by atoms with Crippen molar-refractivity contribution in [3.05, 3.63) is 23.3 Å². The molecule has 0 spiro atoms. The standard InChI is InChI=1S/C14H20N6O2/c1-10-12(11(2)22-18-10)3-4-13(21)19-5-7-20(8-6-19)14-15-9-16-17-14/h9H,3-8H2,1-2H3,(H,15,16,17). The monoisotopic (exact) mass is 304 g/mol. The van der Waals surface area contributed by atoms with Gasteiger partial charge in [-0.1, -0.05) is 5.16 Å². The lowest BCUT2D eigenvalue weighted by molar-refractivity contribution is -0.131. The second-order valence-corrected chi connectivity index (χ2v) is 5.48. The normalized spacial score (nSPS) is 15.4. The van der Waals surface area contributed by atoms with Gasteiger partial charge >= 0.3 is 0 Å². The number of carbonyl (C=O) groups is 1. The van der Waals surface area contributed by atoms with Gasteiger partial charge in [-0.05, 0) is 20.3 Å². The average molecular weight is 304 g/mol. The first-order chi connectivity index (χ1) is 10.6. The Bertz CT molecular complexity index is 608. The number of anilines is 1. The van der Waals surface area contributed by atoms with Crippen molar-refractivity contribution < 1.29 is 9.32 Å². The van der Waals surface area contributed by atoms with E-state index in [-0.39, 0.29) is 5.91 Å². The number of rotatable bonds is 4. The second-order valence-electron chi connectivity index (χ2n) is 5.48. The maximum Gasteiger partial charge on any atom is 0.223 e. The van der Waals surface area contributed by atoms with Crippen molar-refractivity contribution in [2.24, 2.45) is 0 Å². The molecule has 0 unspecified atom stereocenters.